The molecule has 0 radical (unpaired) electrons. The van der Waals surface area contributed by atoms with Gasteiger partial charge < -0.3 is 5.73 Å². The fourth-order valence-corrected chi connectivity index (χ4v) is 3.32. The number of anilines is 1. The predicted octanol–water partition coefficient (Wildman–Crippen LogP) is 1.97. The predicted molar refractivity (Wildman–Crippen MR) is 83.3 cm³/mol. The molecule has 0 saturated heterocycles. The molecule has 1 rings (SSSR count). The van der Waals surface area contributed by atoms with Crippen LogP contribution in [0.1, 0.15) is 33.3 Å². The van der Waals surface area contributed by atoms with Crippen LogP contribution in [0.4, 0.5) is 5.69 Å². The van der Waals surface area contributed by atoms with Crippen molar-refractivity contribution >= 4 is 15.9 Å². The van der Waals surface area contributed by atoms with Gasteiger partial charge in [-0.15, -0.1) is 0 Å². The van der Waals surface area contributed by atoms with E-state index in [-0.39, 0.29) is 18.5 Å². The highest BCUT2D eigenvalue weighted by molar-refractivity contribution is 7.87. The molecule has 0 unspecified atom stereocenters. The van der Waals surface area contributed by atoms with Crippen molar-refractivity contribution in [3.63, 3.8) is 0 Å². The van der Waals surface area contributed by atoms with Crippen molar-refractivity contribution in [2.75, 3.05) is 12.3 Å². The van der Waals surface area contributed by atoms with Crippen LogP contribution in [0.15, 0.2) is 24.3 Å². The smallest absolute Gasteiger partial charge is 0.279 e. The number of benzene rings is 1. The molecule has 1 aromatic carbocycles. The molecule has 1 aromatic rings. The lowest BCUT2D eigenvalue weighted by Crippen LogP contribution is -2.45. The van der Waals surface area contributed by atoms with Crippen LogP contribution in [-0.4, -0.2) is 25.3 Å². The van der Waals surface area contributed by atoms with Crippen LogP contribution in [0.3, 0.4) is 0 Å². The van der Waals surface area contributed by atoms with Gasteiger partial charge in [-0.05, 0) is 31.4 Å². The number of nitrogens with one attached hydrogen (secondary N) is 1. The first kappa shape index (κ1) is 16.9. The number of rotatable bonds is 7. The van der Waals surface area contributed by atoms with E-state index in [1.165, 1.54) is 4.31 Å². The summed E-state index contributed by atoms with van der Waals surface area (Å²) >= 11 is 0. The molecule has 0 heterocycles. The second kappa shape index (κ2) is 7.06. The quantitative estimate of drug-likeness (QED) is 0.756. The van der Waals surface area contributed by atoms with E-state index in [4.69, 9.17) is 5.73 Å². The summed E-state index contributed by atoms with van der Waals surface area (Å²) in [5.41, 5.74) is 7.32. The molecule has 0 amide bonds. The van der Waals surface area contributed by atoms with E-state index < -0.39 is 10.2 Å². The van der Waals surface area contributed by atoms with Gasteiger partial charge in [0.05, 0.1) is 0 Å². The molecule has 0 atom stereocenters. The topological polar surface area (TPSA) is 75.4 Å². The molecule has 0 saturated carbocycles. The largest absolute Gasteiger partial charge is 0.398 e. The van der Waals surface area contributed by atoms with Crippen molar-refractivity contribution in [2.24, 2.45) is 5.92 Å². The van der Waals surface area contributed by atoms with E-state index in [0.29, 0.717) is 12.2 Å². The summed E-state index contributed by atoms with van der Waals surface area (Å²) in [4.78, 5) is 0. The van der Waals surface area contributed by atoms with E-state index in [2.05, 4.69) is 4.72 Å². The molecule has 114 valence electrons. The minimum Gasteiger partial charge on any atom is -0.398 e. The lowest BCUT2D eigenvalue weighted by Gasteiger charge is -2.27. The van der Waals surface area contributed by atoms with Gasteiger partial charge in [-0.1, -0.05) is 32.0 Å². The Morgan fingerprint density at radius 2 is 1.80 bits per heavy atom. The van der Waals surface area contributed by atoms with Crippen LogP contribution in [0.25, 0.3) is 0 Å². The maximum absolute atomic E-state index is 12.4. The maximum Gasteiger partial charge on any atom is 0.279 e. The first-order chi connectivity index (χ1) is 9.24. The molecule has 0 fully saturated rings. The van der Waals surface area contributed by atoms with Gasteiger partial charge in [0.15, 0.2) is 0 Å². The van der Waals surface area contributed by atoms with E-state index in [9.17, 15) is 8.42 Å². The summed E-state index contributed by atoms with van der Waals surface area (Å²) in [5, 5.41) is 0. The second-order valence-electron chi connectivity index (χ2n) is 5.59. The zero-order valence-electron chi connectivity index (χ0n) is 12.6. The Labute approximate surface area is 122 Å². The number of nitrogens with two attached hydrogens (primary N) is 1. The van der Waals surface area contributed by atoms with Gasteiger partial charge >= 0.3 is 0 Å². The summed E-state index contributed by atoms with van der Waals surface area (Å²) in [6, 6.07) is 7.19. The Morgan fingerprint density at radius 3 is 2.30 bits per heavy atom. The highest BCUT2D eigenvalue weighted by Gasteiger charge is 2.25. The SMILES string of the molecule is CC(C)CNS(=O)(=O)N(Cc1ccccc1N)C(C)C. The number of hydrogen-bond donors (Lipinski definition) is 2. The van der Waals surface area contributed by atoms with Gasteiger partial charge in [-0.25, -0.2) is 4.72 Å². The van der Waals surface area contributed by atoms with Gasteiger partial charge in [0.25, 0.3) is 10.2 Å². The number of para-hydroxylation sites is 1. The molecular weight excluding hydrogens is 274 g/mol. The number of nitrogen functional groups attached to an aromatic ring is 1. The fraction of sp³-hybridized carbons (Fsp3) is 0.571. The zero-order chi connectivity index (χ0) is 15.3. The summed E-state index contributed by atoms with van der Waals surface area (Å²) in [7, 11) is -3.50. The van der Waals surface area contributed by atoms with Crippen molar-refractivity contribution in [3.05, 3.63) is 29.8 Å². The first-order valence-electron chi connectivity index (χ1n) is 6.84. The Kier molecular flexibility index (Phi) is 5.98. The molecule has 3 N–H and O–H groups in total. The van der Waals surface area contributed by atoms with Crippen molar-refractivity contribution in [2.45, 2.75) is 40.3 Å². The Bertz CT molecular complexity index is 527. The van der Waals surface area contributed by atoms with Crippen LogP contribution in [0.2, 0.25) is 0 Å². The second-order valence-corrected chi connectivity index (χ2v) is 7.29. The van der Waals surface area contributed by atoms with Crippen molar-refractivity contribution < 1.29 is 8.42 Å². The lowest BCUT2D eigenvalue weighted by molar-refractivity contribution is 0.341. The van der Waals surface area contributed by atoms with E-state index in [1.54, 1.807) is 6.07 Å². The van der Waals surface area contributed by atoms with Crippen LogP contribution in [0.5, 0.6) is 0 Å². The molecule has 0 aliphatic rings. The van der Waals surface area contributed by atoms with Gasteiger partial charge in [-0.2, -0.15) is 12.7 Å². The first-order valence-corrected chi connectivity index (χ1v) is 8.28. The zero-order valence-corrected chi connectivity index (χ0v) is 13.4. The van der Waals surface area contributed by atoms with E-state index in [1.807, 2.05) is 45.9 Å². The summed E-state index contributed by atoms with van der Waals surface area (Å²) < 4.78 is 28.8. The molecule has 0 aliphatic carbocycles. The van der Waals surface area contributed by atoms with E-state index >= 15 is 0 Å². The van der Waals surface area contributed by atoms with Gasteiger partial charge in [-0.3, -0.25) is 0 Å². The molecule has 20 heavy (non-hydrogen) atoms. The average molecular weight is 299 g/mol. The van der Waals surface area contributed by atoms with Crippen LogP contribution >= 0.6 is 0 Å². The third kappa shape index (κ3) is 4.77. The normalized spacial score (nSPS) is 12.6. The van der Waals surface area contributed by atoms with Gasteiger partial charge in [0, 0.05) is 24.8 Å². The van der Waals surface area contributed by atoms with E-state index in [0.717, 1.165) is 5.56 Å². The van der Waals surface area contributed by atoms with Crippen molar-refractivity contribution in [3.8, 4) is 0 Å². The summed E-state index contributed by atoms with van der Waals surface area (Å²) in [5.74, 6) is 0.264. The molecule has 0 bridgehead atoms. The minimum absolute atomic E-state index is 0.140. The fourth-order valence-electron chi connectivity index (χ4n) is 1.75. The van der Waals surface area contributed by atoms with Crippen LogP contribution in [0, 0.1) is 5.92 Å². The Hall–Kier alpha value is -1.11. The van der Waals surface area contributed by atoms with Gasteiger partial charge in [0.2, 0.25) is 0 Å². The number of hydrogen-bond acceptors (Lipinski definition) is 3. The van der Waals surface area contributed by atoms with Gasteiger partial charge in [0.1, 0.15) is 0 Å². The Balaban J connectivity index is 2.92. The monoisotopic (exact) mass is 299 g/mol. The molecule has 0 aromatic heterocycles. The maximum atomic E-state index is 12.4. The van der Waals surface area contributed by atoms with Crippen molar-refractivity contribution in [1.82, 2.24) is 9.03 Å². The summed E-state index contributed by atoms with van der Waals surface area (Å²) in [6.45, 7) is 8.35. The highest BCUT2D eigenvalue weighted by Crippen LogP contribution is 2.17. The number of nitrogens with zero attached hydrogens (tertiary/aromatic N) is 1. The minimum atomic E-state index is -3.50. The van der Waals surface area contributed by atoms with Crippen LogP contribution < -0.4 is 10.5 Å². The Morgan fingerprint density at radius 1 is 1.20 bits per heavy atom. The third-order valence-electron chi connectivity index (χ3n) is 2.94. The molecule has 0 spiro atoms. The third-order valence-corrected chi connectivity index (χ3v) is 4.64. The summed E-state index contributed by atoms with van der Waals surface area (Å²) in [6.07, 6.45) is 0. The molecule has 0 aliphatic heterocycles. The lowest BCUT2D eigenvalue weighted by atomic mass is 10.2. The molecule has 5 nitrogen and oxygen atoms in total. The average Bonchev–Trinajstić information content (AvgIpc) is 2.35. The van der Waals surface area contributed by atoms with Crippen molar-refractivity contribution in [1.29, 1.82) is 0 Å². The standard InChI is InChI=1S/C14H25N3O2S/c1-11(2)9-16-20(18,19)17(12(3)4)10-13-7-5-6-8-14(13)15/h5-8,11-12,16H,9-10,15H2,1-4H3. The molecule has 6 heteroatoms. The highest BCUT2D eigenvalue weighted by atomic mass is 32.2. The van der Waals surface area contributed by atoms with Crippen LogP contribution in [-0.2, 0) is 16.8 Å². The molecular formula is C14H25N3O2S.